The van der Waals surface area contributed by atoms with E-state index in [2.05, 4.69) is 228 Å². The molecule has 1 aliphatic heterocycles. The van der Waals surface area contributed by atoms with E-state index in [4.69, 9.17) is 4.42 Å². The monoisotopic (exact) mass is 890 g/mol. The van der Waals surface area contributed by atoms with Gasteiger partial charge in [0.15, 0.2) is 0 Å². The lowest BCUT2D eigenvalue weighted by Crippen LogP contribution is -2.33. The molecule has 0 bridgehead atoms. The van der Waals surface area contributed by atoms with Crippen LogP contribution in [0.5, 0.6) is 0 Å². The standard InChI is InChI=1S/C67H42N2O/c1-2-17-47-45(15-1)46-16-3-4-18-48(46)54-40-44(36-37-49(47)54)68(43-34-31-41(32-35-43)42-33-38-64-55(39-42)51-20-7-12-30-63(51)70-64)62-29-14-25-58-65(62)53-21-5-8-23-56(53)67(58)57-24-9-11-28-61(57)69-60-27-10-6-19-50(60)52-22-13-26-59(67)66(52)69/h1-2,4-15,17-40H,3,16H2. The molecule has 1 atom stereocenters. The van der Waals surface area contributed by atoms with Crippen molar-refractivity contribution in [3.8, 4) is 27.9 Å². The quantitative estimate of drug-likeness (QED) is 0.164. The van der Waals surface area contributed by atoms with Crippen LogP contribution in [0.25, 0.3) is 99.3 Å². The highest BCUT2D eigenvalue weighted by molar-refractivity contribution is 6.16. The summed E-state index contributed by atoms with van der Waals surface area (Å²) in [4.78, 5) is 2.53. The van der Waals surface area contributed by atoms with Gasteiger partial charge in [-0.15, -0.1) is 0 Å². The number of aryl methyl sites for hydroxylation is 1. The van der Waals surface area contributed by atoms with Crippen molar-refractivity contribution < 1.29 is 4.42 Å². The second kappa shape index (κ2) is 14.1. The highest BCUT2D eigenvalue weighted by atomic mass is 16.3. The van der Waals surface area contributed by atoms with E-state index >= 15 is 0 Å². The van der Waals surface area contributed by atoms with E-state index in [-0.39, 0.29) is 0 Å². The van der Waals surface area contributed by atoms with Crippen LogP contribution in [0.1, 0.15) is 39.8 Å². The third-order valence-electron chi connectivity index (χ3n) is 16.0. The molecule has 2 aliphatic carbocycles. The largest absolute Gasteiger partial charge is 0.456 e. The van der Waals surface area contributed by atoms with E-state index in [1.54, 1.807) is 0 Å². The number of aromatic nitrogens is 1. The van der Waals surface area contributed by atoms with Crippen molar-refractivity contribution in [1.29, 1.82) is 0 Å². The predicted molar refractivity (Wildman–Crippen MR) is 291 cm³/mol. The summed E-state index contributed by atoms with van der Waals surface area (Å²) >= 11 is 0. The number of rotatable bonds is 4. The summed E-state index contributed by atoms with van der Waals surface area (Å²) in [6.07, 6.45) is 6.82. The maximum atomic E-state index is 6.24. The van der Waals surface area contributed by atoms with Gasteiger partial charge in [0, 0.05) is 38.5 Å². The number of benzene rings is 11. The molecule has 1 spiro atoms. The Bertz CT molecular complexity index is 4430. The van der Waals surface area contributed by atoms with Gasteiger partial charge < -0.3 is 13.9 Å². The molecule has 3 nitrogen and oxygen atoms in total. The summed E-state index contributed by atoms with van der Waals surface area (Å²) in [5.74, 6) is 0. The summed E-state index contributed by atoms with van der Waals surface area (Å²) < 4.78 is 8.77. The smallest absolute Gasteiger partial charge is 0.135 e. The van der Waals surface area contributed by atoms with Crippen LogP contribution in [-0.2, 0) is 11.8 Å². The van der Waals surface area contributed by atoms with Crippen LogP contribution < -0.4 is 4.90 Å². The summed E-state index contributed by atoms with van der Waals surface area (Å²) in [5, 5.41) is 10.1. The number of hydrogen-bond acceptors (Lipinski definition) is 2. The zero-order chi connectivity index (χ0) is 45.7. The van der Waals surface area contributed by atoms with Crippen LogP contribution >= 0.6 is 0 Å². The molecule has 0 fully saturated rings. The molecule has 0 saturated carbocycles. The summed E-state index contributed by atoms with van der Waals surface area (Å²) in [5.41, 5.74) is 21.2. The van der Waals surface area contributed by atoms with Gasteiger partial charge in [-0.25, -0.2) is 0 Å². The minimum Gasteiger partial charge on any atom is -0.456 e. The average molecular weight is 891 g/mol. The molecule has 326 valence electrons. The van der Waals surface area contributed by atoms with E-state index in [9.17, 15) is 0 Å². The third-order valence-corrected chi connectivity index (χ3v) is 16.0. The SMILES string of the molecule is C1=Cc2c(c3ccccc3c3ccc(N(c4ccc(-c5ccc6oc7ccccc7c6c5)cc4)c4cccc5c4-c4ccccc4C54c5ccccc5-n5c6ccccc6c6cccc4c65)cc23)CC1. The number of anilines is 3. The normalized spacial score (nSPS) is 15.3. The van der Waals surface area contributed by atoms with Crippen molar-refractivity contribution in [1.82, 2.24) is 4.57 Å². The Hall–Kier alpha value is -8.92. The van der Waals surface area contributed by atoms with Crippen LogP contribution in [-0.4, -0.2) is 4.57 Å². The van der Waals surface area contributed by atoms with Gasteiger partial charge in [0.1, 0.15) is 11.2 Å². The maximum absolute atomic E-state index is 6.24. The fourth-order valence-electron chi connectivity index (χ4n) is 13.2. The first kappa shape index (κ1) is 38.1. The fourth-order valence-corrected chi connectivity index (χ4v) is 13.2. The average Bonchev–Trinajstić information content (AvgIpc) is 4.08. The molecular weight excluding hydrogens is 849 g/mol. The van der Waals surface area contributed by atoms with Gasteiger partial charge in [0.25, 0.3) is 0 Å². The maximum Gasteiger partial charge on any atom is 0.135 e. The molecule has 2 aromatic heterocycles. The molecular formula is C67H42N2O. The van der Waals surface area contributed by atoms with Crippen LogP contribution in [0.15, 0.2) is 229 Å². The van der Waals surface area contributed by atoms with Crippen LogP contribution in [0, 0.1) is 0 Å². The molecule has 0 radical (unpaired) electrons. The Morgan fingerprint density at radius 2 is 1.11 bits per heavy atom. The Kier molecular flexibility index (Phi) is 7.66. The molecule has 0 saturated heterocycles. The van der Waals surface area contributed by atoms with Gasteiger partial charge in [-0.2, -0.15) is 0 Å². The van der Waals surface area contributed by atoms with Gasteiger partial charge >= 0.3 is 0 Å². The minimum atomic E-state index is -0.569. The van der Waals surface area contributed by atoms with Crippen LogP contribution in [0.2, 0.25) is 0 Å². The summed E-state index contributed by atoms with van der Waals surface area (Å²) in [7, 11) is 0. The Balaban J connectivity index is 0.967. The number of hydrogen-bond donors (Lipinski definition) is 0. The van der Waals surface area contributed by atoms with Gasteiger partial charge in [-0.05, 0) is 145 Å². The fraction of sp³-hybridized carbons (Fsp3) is 0.0448. The Labute approximate surface area is 404 Å². The van der Waals surface area contributed by atoms with Gasteiger partial charge in [0.05, 0.1) is 27.8 Å². The second-order valence-electron chi connectivity index (χ2n) is 19.4. The van der Waals surface area contributed by atoms with E-state index in [1.807, 2.05) is 12.1 Å². The van der Waals surface area contributed by atoms with Crippen molar-refractivity contribution in [2.24, 2.45) is 0 Å². The molecule has 3 heteroatoms. The van der Waals surface area contributed by atoms with Gasteiger partial charge in [0.2, 0.25) is 0 Å². The minimum absolute atomic E-state index is 0.569. The molecule has 0 amide bonds. The number of para-hydroxylation sites is 4. The summed E-state index contributed by atoms with van der Waals surface area (Å²) in [6.45, 7) is 0. The van der Waals surface area contributed by atoms with Crippen LogP contribution in [0.3, 0.4) is 0 Å². The van der Waals surface area contributed by atoms with E-state index in [0.717, 1.165) is 63.0 Å². The zero-order valence-electron chi connectivity index (χ0n) is 38.2. The van der Waals surface area contributed by atoms with Crippen molar-refractivity contribution in [3.63, 3.8) is 0 Å². The third kappa shape index (κ3) is 4.93. The lowest BCUT2D eigenvalue weighted by molar-refractivity contribution is 0.669. The Morgan fingerprint density at radius 1 is 0.443 bits per heavy atom. The van der Waals surface area contributed by atoms with Crippen molar-refractivity contribution in [3.05, 3.63) is 258 Å². The molecule has 13 aromatic rings. The Morgan fingerprint density at radius 3 is 2.03 bits per heavy atom. The topological polar surface area (TPSA) is 21.3 Å². The number of nitrogens with zero attached hydrogens (tertiary/aromatic N) is 2. The van der Waals surface area contributed by atoms with Crippen molar-refractivity contribution in [2.75, 3.05) is 4.90 Å². The molecule has 3 aliphatic rings. The zero-order valence-corrected chi connectivity index (χ0v) is 38.2. The molecule has 3 heterocycles. The predicted octanol–water partition coefficient (Wildman–Crippen LogP) is 17.8. The molecule has 0 N–H and O–H groups in total. The van der Waals surface area contributed by atoms with E-state index in [1.165, 1.54) is 93.5 Å². The highest BCUT2D eigenvalue weighted by Gasteiger charge is 2.51. The first-order valence-corrected chi connectivity index (χ1v) is 24.6. The summed E-state index contributed by atoms with van der Waals surface area (Å²) in [6, 6.07) is 81.7. The highest BCUT2D eigenvalue weighted by Crippen LogP contribution is 2.63. The van der Waals surface area contributed by atoms with E-state index in [0.29, 0.717) is 0 Å². The number of furan rings is 1. The second-order valence-corrected chi connectivity index (χ2v) is 19.4. The van der Waals surface area contributed by atoms with Gasteiger partial charge in [-0.1, -0.05) is 170 Å². The first-order chi connectivity index (χ1) is 34.7. The van der Waals surface area contributed by atoms with Crippen molar-refractivity contribution >= 4 is 88.4 Å². The number of fused-ring (bicyclic) bond motifs is 21. The first-order valence-electron chi connectivity index (χ1n) is 24.6. The lowest BCUT2D eigenvalue weighted by atomic mass is 9.65. The molecule has 70 heavy (non-hydrogen) atoms. The van der Waals surface area contributed by atoms with E-state index < -0.39 is 5.41 Å². The lowest BCUT2D eigenvalue weighted by Gasteiger charge is -2.39. The molecule has 16 rings (SSSR count). The van der Waals surface area contributed by atoms with Gasteiger partial charge in [-0.3, -0.25) is 0 Å². The van der Waals surface area contributed by atoms with Crippen LogP contribution in [0.4, 0.5) is 17.1 Å². The van der Waals surface area contributed by atoms with Crippen molar-refractivity contribution in [2.45, 2.75) is 18.3 Å². The molecule has 1 unspecified atom stereocenters. The number of allylic oxidation sites excluding steroid dienone is 1. The molecule has 11 aromatic carbocycles.